The number of rotatable bonds is 7. The molecule has 0 fully saturated rings. The van der Waals surface area contributed by atoms with Crippen molar-refractivity contribution in [3.8, 4) is 0 Å². The summed E-state index contributed by atoms with van der Waals surface area (Å²) in [5.74, 6) is -0.607. The van der Waals surface area contributed by atoms with Gasteiger partial charge in [-0.3, -0.25) is 19.7 Å². The molecule has 0 aliphatic carbocycles. The number of quaternary nitrogens is 1. The molecule has 0 saturated heterocycles. The molecular weight excluding hydrogens is 384 g/mol. The molecule has 1 unspecified atom stereocenters. The summed E-state index contributed by atoms with van der Waals surface area (Å²) in [5, 5.41) is 17.0. The van der Waals surface area contributed by atoms with Crippen LogP contribution in [0.1, 0.15) is 37.9 Å². The van der Waals surface area contributed by atoms with Crippen molar-refractivity contribution in [1.82, 2.24) is 5.32 Å². The smallest absolute Gasteiger partial charge is 0.293 e. The van der Waals surface area contributed by atoms with Gasteiger partial charge in [-0.1, -0.05) is 36.4 Å². The van der Waals surface area contributed by atoms with E-state index in [4.69, 9.17) is 0 Å². The van der Waals surface area contributed by atoms with Crippen LogP contribution in [0.4, 0.5) is 11.4 Å². The number of nitrogens with one attached hydrogen (secondary N) is 3. The van der Waals surface area contributed by atoms with Crippen molar-refractivity contribution < 1.29 is 19.4 Å². The van der Waals surface area contributed by atoms with Crippen LogP contribution in [0.3, 0.4) is 0 Å². The predicted molar refractivity (Wildman–Crippen MR) is 115 cm³/mol. The molecule has 0 aliphatic heterocycles. The van der Waals surface area contributed by atoms with Crippen molar-refractivity contribution in [2.75, 3.05) is 18.9 Å². The van der Waals surface area contributed by atoms with Crippen molar-refractivity contribution in [3.63, 3.8) is 0 Å². The van der Waals surface area contributed by atoms with Gasteiger partial charge in [0.1, 0.15) is 5.69 Å². The normalized spacial score (nSPS) is 13.2. The molecule has 0 saturated carbocycles. The second-order valence-corrected chi connectivity index (χ2v) is 8.43. The van der Waals surface area contributed by atoms with Crippen LogP contribution in [0.2, 0.25) is 0 Å². The fraction of sp³-hybridized carbons (Fsp3) is 0.364. The standard InChI is InChI=1S/C22H28N4O4/c1-15-11-12-17(18(13-15)26(29)30)23-21(28)20(16-9-7-6-8-10-16)25(5)14-19(27)24-22(2,3)4/h6-13,20H,14H2,1-5H3,(H,23,28)(H,24,27)/p+1/t20-/m0/s1. The molecule has 2 aromatic carbocycles. The quantitative estimate of drug-likeness (QED) is 0.477. The van der Waals surface area contributed by atoms with Gasteiger partial charge < -0.3 is 15.5 Å². The van der Waals surface area contributed by atoms with E-state index in [1.807, 2.05) is 39.0 Å². The highest BCUT2D eigenvalue weighted by Crippen LogP contribution is 2.26. The number of benzene rings is 2. The van der Waals surface area contributed by atoms with E-state index in [-0.39, 0.29) is 29.4 Å². The van der Waals surface area contributed by atoms with Crippen LogP contribution in [0.5, 0.6) is 0 Å². The fourth-order valence-corrected chi connectivity index (χ4v) is 3.23. The minimum absolute atomic E-state index is 0.0697. The third-order valence-electron chi connectivity index (χ3n) is 4.45. The number of nitro benzene ring substituents is 1. The largest absolute Gasteiger partial charge is 0.347 e. The maximum atomic E-state index is 13.2. The lowest BCUT2D eigenvalue weighted by molar-refractivity contribution is -0.894. The molecule has 2 amide bonds. The first-order valence-electron chi connectivity index (χ1n) is 9.72. The van der Waals surface area contributed by atoms with Gasteiger partial charge in [0.2, 0.25) is 0 Å². The van der Waals surface area contributed by atoms with E-state index in [0.717, 1.165) is 5.56 Å². The second-order valence-electron chi connectivity index (χ2n) is 8.43. The second kappa shape index (κ2) is 9.49. The molecule has 0 spiro atoms. The summed E-state index contributed by atoms with van der Waals surface area (Å²) in [6.07, 6.45) is 0. The molecule has 0 aliphatic rings. The van der Waals surface area contributed by atoms with Gasteiger partial charge >= 0.3 is 0 Å². The molecular formula is C22H29N4O4+. The van der Waals surface area contributed by atoms with Crippen molar-refractivity contribution in [1.29, 1.82) is 0 Å². The number of carbonyl (C=O) groups excluding carboxylic acids is 2. The number of hydrogen-bond acceptors (Lipinski definition) is 4. The molecule has 2 aromatic rings. The SMILES string of the molecule is Cc1ccc(NC(=O)[C@H](c2ccccc2)[NH+](C)CC(=O)NC(C)(C)C)c([N+](=O)[O-])c1. The Morgan fingerprint density at radius 2 is 1.77 bits per heavy atom. The molecule has 0 heterocycles. The Hall–Kier alpha value is -3.26. The highest BCUT2D eigenvalue weighted by atomic mass is 16.6. The first-order valence-corrected chi connectivity index (χ1v) is 9.72. The van der Waals surface area contributed by atoms with E-state index in [1.165, 1.54) is 12.1 Å². The lowest BCUT2D eigenvalue weighted by atomic mass is 10.0. The summed E-state index contributed by atoms with van der Waals surface area (Å²) in [6, 6.07) is 13.0. The van der Waals surface area contributed by atoms with E-state index in [1.54, 1.807) is 32.2 Å². The Morgan fingerprint density at radius 1 is 1.13 bits per heavy atom. The molecule has 0 radical (unpaired) electrons. The van der Waals surface area contributed by atoms with Gasteiger partial charge in [0.05, 0.1) is 12.0 Å². The highest BCUT2D eigenvalue weighted by Gasteiger charge is 2.32. The number of hydrogen-bond donors (Lipinski definition) is 3. The van der Waals surface area contributed by atoms with Crippen molar-refractivity contribution >= 4 is 23.2 Å². The number of likely N-dealkylation sites (N-methyl/N-ethyl adjacent to an activating group) is 1. The third kappa shape index (κ3) is 6.38. The summed E-state index contributed by atoms with van der Waals surface area (Å²) >= 11 is 0. The molecule has 160 valence electrons. The lowest BCUT2D eigenvalue weighted by Crippen LogP contribution is -3.11. The summed E-state index contributed by atoms with van der Waals surface area (Å²) in [7, 11) is 1.75. The van der Waals surface area contributed by atoms with Crippen LogP contribution < -0.4 is 15.5 Å². The number of nitro groups is 1. The monoisotopic (exact) mass is 413 g/mol. The zero-order valence-electron chi connectivity index (χ0n) is 18.0. The average Bonchev–Trinajstić information content (AvgIpc) is 2.62. The molecule has 2 atom stereocenters. The first-order chi connectivity index (χ1) is 14.0. The highest BCUT2D eigenvalue weighted by molar-refractivity contribution is 5.96. The maximum absolute atomic E-state index is 13.2. The van der Waals surface area contributed by atoms with Gasteiger partial charge in [-0.05, 0) is 39.3 Å². The number of amides is 2. The first kappa shape index (κ1) is 23.0. The summed E-state index contributed by atoms with van der Waals surface area (Å²) < 4.78 is 0. The molecule has 2 rings (SSSR count). The predicted octanol–water partition coefficient (Wildman–Crippen LogP) is 2.01. The van der Waals surface area contributed by atoms with E-state index in [0.29, 0.717) is 10.5 Å². The minimum Gasteiger partial charge on any atom is -0.347 e. The van der Waals surface area contributed by atoms with E-state index < -0.39 is 16.9 Å². The molecule has 30 heavy (non-hydrogen) atoms. The Bertz CT molecular complexity index is 922. The van der Waals surface area contributed by atoms with Crippen LogP contribution in [-0.2, 0) is 9.59 Å². The van der Waals surface area contributed by atoms with Gasteiger partial charge in [0, 0.05) is 17.2 Å². The number of anilines is 1. The molecule has 0 aromatic heterocycles. The summed E-state index contributed by atoms with van der Waals surface area (Å²) in [6.45, 7) is 7.48. The van der Waals surface area contributed by atoms with E-state index in [9.17, 15) is 19.7 Å². The molecule has 8 nitrogen and oxygen atoms in total. The van der Waals surface area contributed by atoms with Crippen LogP contribution in [0, 0.1) is 17.0 Å². The van der Waals surface area contributed by atoms with Crippen LogP contribution in [0.15, 0.2) is 48.5 Å². The fourth-order valence-electron chi connectivity index (χ4n) is 3.23. The Labute approximate surface area is 176 Å². The third-order valence-corrected chi connectivity index (χ3v) is 4.45. The van der Waals surface area contributed by atoms with Gasteiger partial charge in [-0.15, -0.1) is 0 Å². The van der Waals surface area contributed by atoms with Crippen LogP contribution >= 0.6 is 0 Å². The zero-order valence-corrected chi connectivity index (χ0v) is 18.0. The van der Waals surface area contributed by atoms with Crippen LogP contribution in [-0.4, -0.2) is 35.9 Å². The van der Waals surface area contributed by atoms with Crippen molar-refractivity contribution in [3.05, 3.63) is 69.8 Å². The van der Waals surface area contributed by atoms with Gasteiger partial charge in [0.25, 0.3) is 17.5 Å². The van der Waals surface area contributed by atoms with Gasteiger partial charge in [0.15, 0.2) is 12.6 Å². The lowest BCUT2D eigenvalue weighted by Gasteiger charge is -2.26. The average molecular weight is 413 g/mol. The molecule has 8 heteroatoms. The molecule has 0 bridgehead atoms. The van der Waals surface area contributed by atoms with Gasteiger partial charge in [-0.25, -0.2) is 0 Å². The zero-order chi connectivity index (χ0) is 22.5. The van der Waals surface area contributed by atoms with Crippen molar-refractivity contribution in [2.24, 2.45) is 0 Å². The van der Waals surface area contributed by atoms with E-state index in [2.05, 4.69) is 10.6 Å². The van der Waals surface area contributed by atoms with Gasteiger partial charge in [-0.2, -0.15) is 0 Å². The van der Waals surface area contributed by atoms with E-state index >= 15 is 0 Å². The number of nitrogens with zero attached hydrogens (tertiary/aromatic N) is 1. The maximum Gasteiger partial charge on any atom is 0.293 e. The summed E-state index contributed by atoms with van der Waals surface area (Å²) in [5.41, 5.74) is 1.01. The van der Waals surface area contributed by atoms with Crippen molar-refractivity contribution in [2.45, 2.75) is 39.3 Å². The van der Waals surface area contributed by atoms with Crippen LogP contribution in [0.25, 0.3) is 0 Å². The number of carbonyl (C=O) groups is 2. The topological polar surface area (TPSA) is 106 Å². The molecule has 3 N–H and O–H groups in total. The Kier molecular flexibility index (Phi) is 7.28. The Morgan fingerprint density at radius 3 is 2.33 bits per heavy atom. The minimum atomic E-state index is -0.724. The summed E-state index contributed by atoms with van der Waals surface area (Å²) in [4.78, 5) is 37.1. The Balaban J connectivity index is 2.31. The number of aryl methyl sites for hydroxylation is 1.